The van der Waals surface area contributed by atoms with Crippen molar-refractivity contribution in [3.05, 3.63) is 59.2 Å². The zero-order chi connectivity index (χ0) is 22.1. The van der Waals surface area contributed by atoms with Gasteiger partial charge in [-0.1, -0.05) is 12.1 Å². The Balaban J connectivity index is 1.31. The molecule has 2 aliphatic heterocycles. The molecule has 5 nitrogen and oxygen atoms in total. The van der Waals surface area contributed by atoms with Crippen LogP contribution in [0.1, 0.15) is 24.0 Å². The molecule has 2 heterocycles. The number of hydrogen-bond donors (Lipinski definition) is 1. The molecule has 0 saturated carbocycles. The van der Waals surface area contributed by atoms with Gasteiger partial charge in [0.1, 0.15) is 0 Å². The molecule has 0 spiro atoms. The van der Waals surface area contributed by atoms with Crippen LogP contribution < -0.4 is 15.1 Å². The van der Waals surface area contributed by atoms with Crippen molar-refractivity contribution in [3.8, 4) is 0 Å². The van der Waals surface area contributed by atoms with Crippen molar-refractivity contribution in [3.63, 3.8) is 0 Å². The molecule has 0 aliphatic carbocycles. The molecule has 0 bridgehead atoms. The summed E-state index contributed by atoms with van der Waals surface area (Å²) >= 11 is 0. The van der Waals surface area contributed by atoms with Crippen LogP contribution in [0, 0.1) is 37.3 Å². The Bertz CT molecular complexity index is 1010. The highest BCUT2D eigenvalue weighted by Crippen LogP contribution is 2.30. The lowest BCUT2D eigenvalue weighted by Crippen LogP contribution is -2.36. The van der Waals surface area contributed by atoms with Crippen LogP contribution in [0.25, 0.3) is 0 Å². The van der Waals surface area contributed by atoms with Crippen molar-refractivity contribution >= 4 is 23.2 Å². The van der Waals surface area contributed by atoms with Crippen molar-refractivity contribution in [2.75, 3.05) is 36.0 Å². The van der Waals surface area contributed by atoms with E-state index in [0.717, 1.165) is 35.8 Å². The fourth-order valence-electron chi connectivity index (χ4n) is 4.45. The van der Waals surface area contributed by atoms with Gasteiger partial charge < -0.3 is 15.1 Å². The van der Waals surface area contributed by atoms with Gasteiger partial charge in [0.2, 0.25) is 11.8 Å². The molecule has 7 heteroatoms. The predicted molar refractivity (Wildman–Crippen MR) is 116 cm³/mol. The van der Waals surface area contributed by atoms with E-state index in [4.69, 9.17) is 0 Å². The zero-order valence-corrected chi connectivity index (χ0v) is 17.8. The maximum Gasteiger partial charge on any atom is 0.227 e. The minimum atomic E-state index is -0.854. The Kier molecular flexibility index (Phi) is 5.94. The summed E-state index contributed by atoms with van der Waals surface area (Å²) in [7, 11) is 0. The van der Waals surface area contributed by atoms with Crippen LogP contribution in [-0.4, -0.2) is 38.0 Å². The third-order valence-corrected chi connectivity index (χ3v) is 6.48. The van der Waals surface area contributed by atoms with Crippen LogP contribution in [0.5, 0.6) is 0 Å². The maximum atomic E-state index is 13.5. The maximum absolute atomic E-state index is 13.5. The number of carbonyl (C=O) groups excluding carboxylic acids is 2. The lowest BCUT2D eigenvalue weighted by Gasteiger charge is -2.21. The van der Waals surface area contributed by atoms with E-state index < -0.39 is 11.6 Å². The topological polar surface area (TPSA) is 52.7 Å². The molecule has 2 amide bonds. The molecule has 164 valence electrons. The number of amides is 2. The molecule has 1 N–H and O–H groups in total. The first-order valence-corrected chi connectivity index (χ1v) is 10.7. The molecule has 31 heavy (non-hydrogen) atoms. The highest BCUT2D eigenvalue weighted by molar-refractivity contribution is 6.00. The summed E-state index contributed by atoms with van der Waals surface area (Å²) < 4.78 is 26.7. The minimum absolute atomic E-state index is 0.0285. The first-order chi connectivity index (χ1) is 14.8. The number of halogens is 2. The van der Waals surface area contributed by atoms with Gasteiger partial charge in [0.15, 0.2) is 11.6 Å². The van der Waals surface area contributed by atoms with E-state index in [2.05, 4.69) is 5.32 Å². The van der Waals surface area contributed by atoms with Crippen LogP contribution >= 0.6 is 0 Å². The van der Waals surface area contributed by atoms with Crippen molar-refractivity contribution in [2.45, 2.75) is 26.7 Å². The molecule has 0 aromatic heterocycles. The van der Waals surface area contributed by atoms with Gasteiger partial charge >= 0.3 is 0 Å². The standard InChI is InChI=1S/C24H27F2N3O2/c1-15-4-3-5-22(16(15)2)29-14-18(10-23(29)30)24(31)27-12-17-8-9-28(13-17)19-6-7-20(25)21(26)11-19/h3-7,11,17-18H,8-10,12-14H2,1-2H3,(H,27,31). The van der Waals surface area contributed by atoms with Gasteiger partial charge in [0.25, 0.3) is 0 Å². The molecule has 2 fully saturated rings. The average Bonchev–Trinajstić information content (AvgIpc) is 3.37. The fourth-order valence-corrected chi connectivity index (χ4v) is 4.45. The lowest BCUT2D eigenvalue weighted by atomic mass is 10.1. The average molecular weight is 427 g/mol. The van der Waals surface area contributed by atoms with Crippen molar-refractivity contribution < 1.29 is 18.4 Å². The van der Waals surface area contributed by atoms with E-state index in [1.165, 1.54) is 6.07 Å². The van der Waals surface area contributed by atoms with E-state index in [-0.39, 0.29) is 30.1 Å². The van der Waals surface area contributed by atoms with Crippen molar-refractivity contribution in [2.24, 2.45) is 11.8 Å². The fraction of sp³-hybridized carbons (Fsp3) is 0.417. The Morgan fingerprint density at radius 1 is 1.13 bits per heavy atom. The third kappa shape index (κ3) is 4.40. The van der Waals surface area contributed by atoms with Crippen LogP contribution in [0.3, 0.4) is 0 Å². The molecule has 2 unspecified atom stereocenters. The van der Waals surface area contributed by atoms with Gasteiger partial charge in [-0.25, -0.2) is 8.78 Å². The van der Waals surface area contributed by atoms with E-state index in [1.54, 1.807) is 11.0 Å². The molecule has 4 rings (SSSR count). The quantitative estimate of drug-likeness (QED) is 0.794. The molecular formula is C24H27F2N3O2. The van der Waals surface area contributed by atoms with E-state index >= 15 is 0 Å². The van der Waals surface area contributed by atoms with Crippen molar-refractivity contribution in [1.82, 2.24) is 5.32 Å². The number of rotatable bonds is 5. The molecule has 2 aromatic carbocycles. The second-order valence-corrected chi connectivity index (χ2v) is 8.57. The van der Waals surface area contributed by atoms with E-state index in [1.807, 2.05) is 36.9 Å². The number of hydrogen-bond acceptors (Lipinski definition) is 3. The Morgan fingerprint density at radius 3 is 2.71 bits per heavy atom. The summed E-state index contributed by atoms with van der Waals surface area (Å²) in [5, 5.41) is 3.00. The number of nitrogens with zero attached hydrogens (tertiary/aromatic N) is 2. The number of aryl methyl sites for hydroxylation is 1. The molecule has 0 radical (unpaired) electrons. The molecular weight excluding hydrogens is 400 g/mol. The first kappa shape index (κ1) is 21.3. The van der Waals surface area contributed by atoms with Gasteiger partial charge in [0.05, 0.1) is 5.92 Å². The van der Waals surface area contributed by atoms with Crippen LogP contribution in [0.2, 0.25) is 0 Å². The Morgan fingerprint density at radius 2 is 1.94 bits per heavy atom. The number of anilines is 2. The van der Waals surface area contributed by atoms with Crippen LogP contribution in [0.4, 0.5) is 20.2 Å². The zero-order valence-electron chi connectivity index (χ0n) is 17.8. The van der Waals surface area contributed by atoms with E-state index in [0.29, 0.717) is 25.3 Å². The normalized spacial score (nSPS) is 21.1. The van der Waals surface area contributed by atoms with Gasteiger partial charge in [-0.3, -0.25) is 9.59 Å². The summed E-state index contributed by atoms with van der Waals surface area (Å²) in [5.74, 6) is -1.98. The molecule has 2 saturated heterocycles. The molecule has 2 aliphatic rings. The summed E-state index contributed by atoms with van der Waals surface area (Å²) in [6, 6.07) is 9.78. The van der Waals surface area contributed by atoms with Crippen LogP contribution in [0.15, 0.2) is 36.4 Å². The van der Waals surface area contributed by atoms with Gasteiger partial charge in [0, 0.05) is 50.0 Å². The highest BCUT2D eigenvalue weighted by Gasteiger charge is 2.36. The number of benzene rings is 2. The van der Waals surface area contributed by atoms with Crippen LogP contribution in [-0.2, 0) is 9.59 Å². The number of carbonyl (C=O) groups is 2. The summed E-state index contributed by atoms with van der Waals surface area (Å²) in [4.78, 5) is 29.0. The second-order valence-electron chi connectivity index (χ2n) is 8.57. The van der Waals surface area contributed by atoms with Crippen molar-refractivity contribution in [1.29, 1.82) is 0 Å². The molecule has 2 aromatic rings. The highest BCUT2D eigenvalue weighted by atomic mass is 19.2. The Labute approximate surface area is 181 Å². The lowest BCUT2D eigenvalue weighted by molar-refractivity contribution is -0.126. The first-order valence-electron chi connectivity index (χ1n) is 10.7. The van der Waals surface area contributed by atoms with Gasteiger partial charge in [-0.2, -0.15) is 0 Å². The smallest absolute Gasteiger partial charge is 0.227 e. The SMILES string of the molecule is Cc1cccc(N2CC(C(=O)NCC3CCN(c4ccc(F)c(F)c4)C3)CC2=O)c1C. The summed E-state index contributed by atoms with van der Waals surface area (Å²) in [6.45, 7) is 6.30. The summed E-state index contributed by atoms with van der Waals surface area (Å²) in [6.07, 6.45) is 1.07. The predicted octanol–water partition coefficient (Wildman–Crippen LogP) is 3.58. The second kappa shape index (κ2) is 8.65. The van der Waals surface area contributed by atoms with Gasteiger partial charge in [-0.15, -0.1) is 0 Å². The van der Waals surface area contributed by atoms with Gasteiger partial charge in [-0.05, 0) is 55.5 Å². The Hall–Kier alpha value is -2.96. The molecule has 2 atom stereocenters. The number of nitrogens with one attached hydrogen (secondary N) is 1. The minimum Gasteiger partial charge on any atom is -0.371 e. The largest absolute Gasteiger partial charge is 0.371 e. The third-order valence-electron chi connectivity index (χ3n) is 6.48. The monoisotopic (exact) mass is 427 g/mol. The van der Waals surface area contributed by atoms with E-state index in [9.17, 15) is 18.4 Å². The summed E-state index contributed by atoms with van der Waals surface area (Å²) in [5.41, 5.74) is 3.70.